The summed E-state index contributed by atoms with van der Waals surface area (Å²) in [5.41, 5.74) is 1.51. The number of hydrogen-bond acceptors (Lipinski definition) is 7. The molecule has 162 valence electrons. The van der Waals surface area contributed by atoms with E-state index in [0.29, 0.717) is 48.7 Å². The number of fused-ring (bicyclic) bond motifs is 2. The fourth-order valence-electron chi connectivity index (χ4n) is 3.89. The van der Waals surface area contributed by atoms with Gasteiger partial charge in [0.25, 0.3) is 5.56 Å². The maximum Gasteiger partial charge on any atom is 0.293 e. The van der Waals surface area contributed by atoms with Crippen molar-refractivity contribution in [3.63, 3.8) is 0 Å². The molecule has 0 N–H and O–H groups in total. The highest BCUT2D eigenvalue weighted by Crippen LogP contribution is 2.38. The van der Waals surface area contributed by atoms with Crippen LogP contribution in [0.5, 0.6) is 17.2 Å². The van der Waals surface area contributed by atoms with Gasteiger partial charge in [0.1, 0.15) is 30.0 Å². The molecule has 0 spiro atoms. The largest absolute Gasteiger partial charge is 0.490 e. The number of rotatable bonds is 3. The molecule has 3 aromatic rings. The summed E-state index contributed by atoms with van der Waals surface area (Å²) in [7, 11) is 0. The van der Waals surface area contributed by atoms with Crippen LogP contribution in [0.4, 0.5) is 5.82 Å². The van der Waals surface area contributed by atoms with E-state index in [-0.39, 0.29) is 22.6 Å². The fraction of sp³-hybridized carbons (Fsp3) is 0.409. The number of anilines is 1. The SMILES string of the molecule is [2H]C1([2H])Oc2cc(OC3CCN(c4nn5c(=O)c(Cl)cnc5cc4C)CC3)cc(C)c2OC1([2H])[2H]. The number of piperidine rings is 1. The van der Waals surface area contributed by atoms with Crippen LogP contribution in [-0.4, -0.2) is 46.9 Å². The summed E-state index contributed by atoms with van der Waals surface area (Å²) in [6.45, 7) is -0.293. The monoisotopic (exact) mass is 446 g/mol. The molecule has 9 heteroatoms. The van der Waals surface area contributed by atoms with E-state index in [1.54, 1.807) is 13.0 Å². The number of aryl methyl sites for hydroxylation is 2. The smallest absolute Gasteiger partial charge is 0.293 e. The molecule has 31 heavy (non-hydrogen) atoms. The first-order chi connectivity index (χ1) is 16.4. The molecule has 0 atom stereocenters. The van der Waals surface area contributed by atoms with E-state index in [1.807, 2.05) is 13.0 Å². The average Bonchev–Trinajstić information content (AvgIpc) is 2.78. The summed E-state index contributed by atoms with van der Waals surface area (Å²) < 4.78 is 49.1. The Morgan fingerprint density at radius 2 is 1.94 bits per heavy atom. The van der Waals surface area contributed by atoms with Crippen LogP contribution >= 0.6 is 11.6 Å². The van der Waals surface area contributed by atoms with E-state index in [1.165, 1.54) is 16.8 Å². The highest BCUT2D eigenvalue weighted by atomic mass is 35.5. The third kappa shape index (κ3) is 3.76. The number of benzene rings is 1. The topological polar surface area (TPSA) is 78.2 Å². The number of halogens is 1. The second-order valence-electron chi connectivity index (χ2n) is 7.61. The molecule has 0 bridgehead atoms. The molecule has 2 aromatic heterocycles. The lowest BCUT2D eigenvalue weighted by Gasteiger charge is -2.33. The van der Waals surface area contributed by atoms with Crippen LogP contribution in [0, 0.1) is 13.8 Å². The van der Waals surface area contributed by atoms with Gasteiger partial charge in [0.15, 0.2) is 23.0 Å². The number of aromatic nitrogens is 3. The molecule has 2 aliphatic rings. The van der Waals surface area contributed by atoms with Gasteiger partial charge in [-0.1, -0.05) is 11.6 Å². The quantitative estimate of drug-likeness (QED) is 0.611. The van der Waals surface area contributed by atoms with Gasteiger partial charge in [-0.15, -0.1) is 5.10 Å². The van der Waals surface area contributed by atoms with Crippen molar-refractivity contribution in [2.75, 3.05) is 31.1 Å². The standard InChI is InChI=1S/C22H23ClN4O4/c1-13-9-16(11-18-20(13)30-8-7-29-18)31-15-3-5-26(6-4-15)21-14(2)10-19-24-12-17(23)22(28)27(19)25-21/h9-12,15H,3-8H2,1-2H3/i7D2,8D2. The highest BCUT2D eigenvalue weighted by Gasteiger charge is 2.24. The second-order valence-corrected chi connectivity index (χ2v) is 8.02. The minimum Gasteiger partial charge on any atom is -0.490 e. The molecule has 0 radical (unpaired) electrons. The Labute approximate surface area is 189 Å². The molecule has 1 fully saturated rings. The van der Waals surface area contributed by atoms with Gasteiger partial charge in [-0.3, -0.25) is 4.79 Å². The van der Waals surface area contributed by atoms with Crippen LogP contribution in [0.25, 0.3) is 5.65 Å². The van der Waals surface area contributed by atoms with E-state index in [9.17, 15) is 4.79 Å². The summed E-state index contributed by atoms with van der Waals surface area (Å²) in [4.78, 5) is 18.6. The van der Waals surface area contributed by atoms with Gasteiger partial charge in [-0.05, 0) is 37.1 Å². The van der Waals surface area contributed by atoms with Crippen molar-refractivity contribution in [1.29, 1.82) is 0 Å². The Hall–Kier alpha value is -3.00. The highest BCUT2D eigenvalue weighted by molar-refractivity contribution is 6.30. The minimum absolute atomic E-state index is 0.0100. The molecule has 8 nitrogen and oxygen atoms in total. The fourth-order valence-corrected chi connectivity index (χ4v) is 4.02. The minimum atomic E-state index is -2.64. The second kappa shape index (κ2) is 7.92. The van der Waals surface area contributed by atoms with Crippen molar-refractivity contribution in [2.45, 2.75) is 32.8 Å². The molecule has 0 aliphatic carbocycles. The zero-order valence-corrected chi connectivity index (χ0v) is 17.8. The van der Waals surface area contributed by atoms with Crippen LogP contribution in [0.3, 0.4) is 0 Å². The summed E-state index contributed by atoms with van der Waals surface area (Å²) in [6.07, 6.45) is 2.61. The molecule has 4 heterocycles. The van der Waals surface area contributed by atoms with Crippen LogP contribution in [0.2, 0.25) is 5.02 Å². The maximum absolute atomic E-state index is 12.4. The van der Waals surface area contributed by atoms with Crippen molar-refractivity contribution >= 4 is 23.1 Å². The van der Waals surface area contributed by atoms with Crippen molar-refractivity contribution in [3.05, 3.63) is 50.9 Å². The first kappa shape index (κ1) is 15.8. The lowest BCUT2D eigenvalue weighted by molar-refractivity contribution is 0.158. The predicted octanol–water partition coefficient (Wildman–Crippen LogP) is 3.18. The van der Waals surface area contributed by atoms with E-state index in [0.717, 1.165) is 5.56 Å². The predicted molar refractivity (Wildman–Crippen MR) is 117 cm³/mol. The first-order valence-corrected chi connectivity index (χ1v) is 10.3. The first-order valence-electron chi connectivity index (χ1n) is 11.9. The summed E-state index contributed by atoms with van der Waals surface area (Å²) in [5, 5.41) is 4.51. The van der Waals surface area contributed by atoms with Crippen molar-refractivity contribution in [3.8, 4) is 17.2 Å². The Balaban J connectivity index is 1.31. The molecule has 1 saturated heterocycles. The van der Waals surface area contributed by atoms with Crippen molar-refractivity contribution in [2.24, 2.45) is 0 Å². The van der Waals surface area contributed by atoms with Crippen LogP contribution in [-0.2, 0) is 0 Å². The van der Waals surface area contributed by atoms with Gasteiger partial charge >= 0.3 is 0 Å². The maximum atomic E-state index is 12.4. The van der Waals surface area contributed by atoms with Gasteiger partial charge in [0.05, 0.1) is 11.7 Å². The van der Waals surface area contributed by atoms with Crippen LogP contribution in [0.1, 0.15) is 29.5 Å². The van der Waals surface area contributed by atoms with Gasteiger partial charge in [-0.2, -0.15) is 4.52 Å². The molecule has 0 unspecified atom stereocenters. The van der Waals surface area contributed by atoms with E-state index in [2.05, 4.69) is 15.0 Å². The Morgan fingerprint density at radius 1 is 1.16 bits per heavy atom. The van der Waals surface area contributed by atoms with E-state index < -0.39 is 18.7 Å². The van der Waals surface area contributed by atoms with Gasteiger partial charge < -0.3 is 19.1 Å². The van der Waals surface area contributed by atoms with Crippen molar-refractivity contribution in [1.82, 2.24) is 14.6 Å². The molecule has 0 saturated carbocycles. The third-order valence-corrected chi connectivity index (χ3v) is 5.69. The zero-order valence-electron chi connectivity index (χ0n) is 21.0. The molecular weight excluding hydrogens is 420 g/mol. The van der Waals surface area contributed by atoms with Crippen molar-refractivity contribution < 1.29 is 19.7 Å². The molecular formula is C22H23ClN4O4. The van der Waals surface area contributed by atoms with Gasteiger partial charge in [-0.25, -0.2) is 4.98 Å². The number of hydrogen-bond donors (Lipinski definition) is 0. The summed E-state index contributed by atoms with van der Waals surface area (Å²) >= 11 is 5.92. The Kier molecular flexibility index (Phi) is 4.02. The van der Waals surface area contributed by atoms with E-state index in [4.69, 9.17) is 31.3 Å². The number of ether oxygens (including phenoxy) is 3. The number of nitrogens with zero attached hydrogens (tertiary/aromatic N) is 4. The molecule has 2 aliphatic heterocycles. The lowest BCUT2D eigenvalue weighted by Crippen LogP contribution is -2.39. The summed E-state index contributed by atoms with van der Waals surface area (Å²) in [6, 6.07) is 5.06. The van der Waals surface area contributed by atoms with E-state index >= 15 is 0 Å². The third-order valence-electron chi connectivity index (χ3n) is 5.43. The lowest BCUT2D eigenvalue weighted by atomic mass is 10.1. The Bertz CT molecular complexity index is 1380. The summed E-state index contributed by atoms with van der Waals surface area (Å²) in [5.74, 6) is 1.45. The molecule has 0 amide bonds. The zero-order chi connectivity index (χ0) is 25.1. The average molecular weight is 447 g/mol. The van der Waals surface area contributed by atoms with Crippen LogP contribution in [0.15, 0.2) is 29.2 Å². The molecule has 1 aromatic carbocycles. The van der Waals surface area contributed by atoms with Gasteiger partial charge in [0.2, 0.25) is 0 Å². The Morgan fingerprint density at radius 3 is 2.74 bits per heavy atom. The molecule has 5 rings (SSSR count). The van der Waals surface area contributed by atoms with Crippen LogP contribution < -0.4 is 24.7 Å². The normalized spacial score (nSPS) is 21.7. The van der Waals surface area contributed by atoms with Gasteiger partial charge in [0, 0.05) is 32.0 Å².